The Balaban J connectivity index is 2.33. The van der Waals surface area contributed by atoms with Gasteiger partial charge < -0.3 is 9.84 Å². The molecule has 0 fully saturated rings. The molecule has 0 unspecified atom stereocenters. The van der Waals surface area contributed by atoms with Crippen molar-refractivity contribution in [1.82, 2.24) is 0 Å². The lowest BCUT2D eigenvalue weighted by Gasteiger charge is -2.09. The van der Waals surface area contributed by atoms with Crippen LogP contribution in [-0.2, 0) is 6.61 Å². The third-order valence-corrected chi connectivity index (χ3v) is 3.07. The number of nitriles is 1. The van der Waals surface area contributed by atoms with E-state index in [0.29, 0.717) is 22.6 Å². The third kappa shape index (κ3) is 3.11. The molecule has 0 heterocycles. The molecule has 0 aliphatic rings. The highest BCUT2D eigenvalue weighted by Crippen LogP contribution is 2.29. The van der Waals surface area contributed by atoms with Gasteiger partial charge in [0.25, 0.3) is 0 Å². The lowest BCUT2D eigenvalue weighted by Crippen LogP contribution is -1.91. The Bertz CT molecular complexity index is 652. The molecule has 2 rings (SSSR count). The fourth-order valence-electron chi connectivity index (χ4n) is 1.52. The molecular formula is C14H9BrFNO2. The number of aliphatic hydroxyl groups excluding tert-OH is 1. The molecule has 3 nitrogen and oxygen atoms in total. The van der Waals surface area contributed by atoms with E-state index in [-0.39, 0.29) is 16.9 Å². The van der Waals surface area contributed by atoms with E-state index in [0.717, 1.165) is 0 Å². The average Bonchev–Trinajstić information content (AvgIpc) is 2.43. The average molecular weight is 322 g/mol. The molecule has 0 spiro atoms. The van der Waals surface area contributed by atoms with Crippen LogP contribution in [-0.4, -0.2) is 5.11 Å². The summed E-state index contributed by atoms with van der Waals surface area (Å²) in [5.74, 6) is 0.392. The fourth-order valence-corrected chi connectivity index (χ4v) is 1.88. The Hall–Kier alpha value is -1.90. The maximum absolute atomic E-state index is 13.1. The van der Waals surface area contributed by atoms with Crippen molar-refractivity contribution in [3.05, 3.63) is 57.8 Å². The van der Waals surface area contributed by atoms with Crippen LogP contribution < -0.4 is 4.74 Å². The molecule has 1 N–H and O–H groups in total. The van der Waals surface area contributed by atoms with E-state index in [1.165, 1.54) is 18.2 Å². The smallest absolute Gasteiger partial charge is 0.145 e. The first-order chi connectivity index (χ1) is 9.13. The first-order valence-electron chi connectivity index (χ1n) is 5.41. The van der Waals surface area contributed by atoms with Crippen molar-refractivity contribution in [1.29, 1.82) is 5.26 Å². The van der Waals surface area contributed by atoms with Crippen LogP contribution in [0.5, 0.6) is 11.5 Å². The second kappa shape index (κ2) is 5.83. The molecule has 0 amide bonds. The van der Waals surface area contributed by atoms with Crippen molar-refractivity contribution in [3.63, 3.8) is 0 Å². The summed E-state index contributed by atoms with van der Waals surface area (Å²) >= 11 is 3.06. The molecule has 0 radical (unpaired) electrons. The van der Waals surface area contributed by atoms with E-state index in [1.807, 2.05) is 6.07 Å². The lowest BCUT2D eigenvalue weighted by atomic mass is 10.1. The molecule has 0 aliphatic carbocycles. The second-order valence-corrected chi connectivity index (χ2v) is 4.63. The number of nitrogens with zero attached hydrogens (tertiary/aromatic N) is 1. The van der Waals surface area contributed by atoms with Crippen LogP contribution in [0.15, 0.2) is 40.9 Å². The van der Waals surface area contributed by atoms with Gasteiger partial charge in [-0.1, -0.05) is 6.07 Å². The van der Waals surface area contributed by atoms with Gasteiger partial charge in [-0.05, 0) is 51.8 Å². The third-order valence-electron chi connectivity index (χ3n) is 2.47. The van der Waals surface area contributed by atoms with Crippen molar-refractivity contribution in [3.8, 4) is 17.6 Å². The Morgan fingerprint density at radius 1 is 1.26 bits per heavy atom. The van der Waals surface area contributed by atoms with Crippen molar-refractivity contribution >= 4 is 15.9 Å². The maximum Gasteiger partial charge on any atom is 0.145 e. The minimum atomic E-state index is -0.386. The van der Waals surface area contributed by atoms with Crippen LogP contribution in [0.4, 0.5) is 4.39 Å². The molecule has 0 aromatic heterocycles. The normalized spacial score (nSPS) is 10.0. The number of rotatable bonds is 3. The van der Waals surface area contributed by atoms with E-state index in [1.54, 1.807) is 18.2 Å². The summed E-state index contributed by atoms with van der Waals surface area (Å²) in [5.41, 5.74) is 0.941. The minimum absolute atomic E-state index is 0.142. The molecular weight excluding hydrogens is 313 g/mol. The van der Waals surface area contributed by atoms with Crippen LogP contribution in [0.25, 0.3) is 0 Å². The molecule has 19 heavy (non-hydrogen) atoms. The van der Waals surface area contributed by atoms with Gasteiger partial charge in [0.2, 0.25) is 0 Å². The van der Waals surface area contributed by atoms with Gasteiger partial charge in [-0.2, -0.15) is 5.26 Å². The summed E-state index contributed by atoms with van der Waals surface area (Å²) in [6.45, 7) is -0.142. The van der Waals surface area contributed by atoms with Gasteiger partial charge in [0.15, 0.2) is 0 Å². The summed E-state index contributed by atoms with van der Waals surface area (Å²) in [4.78, 5) is 0. The van der Waals surface area contributed by atoms with Crippen molar-refractivity contribution in [2.75, 3.05) is 0 Å². The Labute approximate surface area is 118 Å². The Morgan fingerprint density at radius 3 is 2.68 bits per heavy atom. The van der Waals surface area contributed by atoms with Gasteiger partial charge in [0.05, 0.1) is 16.6 Å². The fraction of sp³-hybridized carbons (Fsp3) is 0.0714. The van der Waals surface area contributed by atoms with E-state index in [4.69, 9.17) is 15.1 Å². The minimum Gasteiger partial charge on any atom is -0.456 e. The van der Waals surface area contributed by atoms with Gasteiger partial charge in [-0.3, -0.25) is 0 Å². The van der Waals surface area contributed by atoms with Crippen LogP contribution >= 0.6 is 15.9 Å². The number of hydrogen-bond donors (Lipinski definition) is 1. The monoisotopic (exact) mass is 321 g/mol. The van der Waals surface area contributed by atoms with Gasteiger partial charge in [0.1, 0.15) is 23.4 Å². The van der Waals surface area contributed by atoms with E-state index < -0.39 is 0 Å². The molecule has 0 atom stereocenters. The van der Waals surface area contributed by atoms with E-state index >= 15 is 0 Å². The summed E-state index contributed by atoms with van der Waals surface area (Å²) in [7, 11) is 0. The number of benzene rings is 2. The number of hydrogen-bond acceptors (Lipinski definition) is 3. The van der Waals surface area contributed by atoms with E-state index in [9.17, 15) is 4.39 Å². The predicted octanol–water partition coefficient (Wildman–Crippen LogP) is 3.74. The zero-order chi connectivity index (χ0) is 13.8. The Kier molecular flexibility index (Phi) is 4.15. The highest BCUT2D eigenvalue weighted by molar-refractivity contribution is 9.10. The molecule has 96 valence electrons. The SMILES string of the molecule is N#Cc1cc(CO)ccc1Oc1ccc(F)c(Br)c1. The van der Waals surface area contributed by atoms with Crippen LogP contribution in [0.1, 0.15) is 11.1 Å². The summed E-state index contributed by atoms with van der Waals surface area (Å²) < 4.78 is 18.9. The van der Waals surface area contributed by atoms with Gasteiger partial charge >= 0.3 is 0 Å². The lowest BCUT2D eigenvalue weighted by molar-refractivity contribution is 0.281. The molecule has 2 aromatic carbocycles. The molecule has 5 heteroatoms. The first kappa shape index (κ1) is 13.5. The molecule has 0 bridgehead atoms. The standard InChI is InChI=1S/C14H9BrFNO2/c15-12-6-11(2-3-13(12)16)19-14-4-1-9(8-18)5-10(14)7-17/h1-6,18H,8H2. The van der Waals surface area contributed by atoms with Crippen LogP contribution in [0.3, 0.4) is 0 Å². The largest absolute Gasteiger partial charge is 0.456 e. The summed E-state index contributed by atoms with van der Waals surface area (Å²) in [6, 6.07) is 11.0. The second-order valence-electron chi connectivity index (χ2n) is 3.78. The molecule has 2 aromatic rings. The van der Waals surface area contributed by atoms with E-state index in [2.05, 4.69) is 15.9 Å². The zero-order valence-electron chi connectivity index (χ0n) is 9.73. The number of ether oxygens (including phenoxy) is 1. The summed E-state index contributed by atoms with van der Waals surface area (Å²) in [6.07, 6.45) is 0. The quantitative estimate of drug-likeness (QED) is 0.936. The van der Waals surface area contributed by atoms with Crippen molar-refractivity contribution in [2.45, 2.75) is 6.61 Å². The Morgan fingerprint density at radius 2 is 2.05 bits per heavy atom. The van der Waals surface area contributed by atoms with Gasteiger partial charge in [-0.25, -0.2) is 4.39 Å². The van der Waals surface area contributed by atoms with Gasteiger partial charge in [-0.15, -0.1) is 0 Å². The molecule has 0 aliphatic heterocycles. The topological polar surface area (TPSA) is 53.2 Å². The predicted molar refractivity (Wildman–Crippen MR) is 71.3 cm³/mol. The highest BCUT2D eigenvalue weighted by atomic mass is 79.9. The summed E-state index contributed by atoms with van der Waals surface area (Å²) in [5, 5.41) is 18.0. The van der Waals surface area contributed by atoms with Crippen molar-refractivity contribution < 1.29 is 14.2 Å². The molecule has 0 saturated carbocycles. The zero-order valence-corrected chi connectivity index (χ0v) is 11.3. The van der Waals surface area contributed by atoms with Crippen molar-refractivity contribution in [2.24, 2.45) is 0 Å². The first-order valence-corrected chi connectivity index (χ1v) is 6.20. The highest BCUT2D eigenvalue weighted by Gasteiger charge is 2.07. The van der Waals surface area contributed by atoms with Crippen LogP contribution in [0.2, 0.25) is 0 Å². The van der Waals surface area contributed by atoms with Gasteiger partial charge in [0, 0.05) is 0 Å². The maximum atomic E-state index is 13.1. The molecule has 0 saturated heterocycles. The van der Waals surface area contributed by atoms with Crippen LogP contribution in [0, 0.1) is 17.1 Å². The number of halogens is 2. The number of aliphatic hydroxyl groups is 1.